The van der Waals surface area contributed by atoms with Gasteiger partial charge in [0, 0.05) is 55.2 Å². The fourth-order valence-electron chi connectivity index (χ4n) is 0.503. The van der Waals surface area contributed by atoms with Crippen LogP contribution in [0, 0.1) is 0 Å². The monoisotopic (exact) mass is 257 g/mol. The van der Waals surface area contributed by atoms with Crippen LogP contribution in [0.4, 0.5) is 0 Å². The van der Waals surface area contributed by atoms with E-state index in [9.17, 15) is 4.79 Å². The first kappa shape index (κ1) is 18.0. The van der Waals surface area contributed by atoms with Crippen LogP contribution in [-0.2, 0) is 34.1 Å². The molecule has 1 amide bonds. The molecule has 0 aromatic rings. The van der Waals surface area contributed by atoms with E-state index in [1.54, 1.807) is 32.8 Å². The maximum absolute atomic E-state index is 9.23. The van der Waals surface area contributed by atoms with Gasteiger partial charge < -0.3 is 5.11 Å². The van der Waals surface area contributed by atoms with Gasteiger partial charge in [0.2, 0.25) is 5.76 Å². The first-order chi connectivity index (χ1) is 4.46. The minimum atomic E-state index is 0. The Hall–Kier alpha value is 0.0490. The summed E-state index contributed by atoms with van der Waals surface area (Å²) < 4.78 is 0. The van der Waals surface area contributed by atoms with Crippen molar-refractivity contribution in [1.29, 1.82) is 0 Å². The summed E-state index contributed by atoms with van der Waals surface area (Å²) >= 11 is 0. The van der Waals surface area contributed by atoms with Gasteiger partial charge in [0.25, 0.3) is 0 Å². The summed E-state index contributed by atoms with van der Waals surface area (Å²) in [5.41, 5.74) is 0.616. The molecule has 0 unspecified atom stereocenters. The van der Waals surface area contributed by atoms with E-state index in [1.807, 2.05) is 0 Å². The van der Waals surface area contributed by atoms with Gasteiger partial charge in [-0.15, -0.1) is 0 Å². The molecule has 0 bridgehead atoms. The molecule has 0 spiro atoms. The van der Waals surface area contributed by atoms with Crippen molar-refractivity contribution < 1.29 is 44.0 Å². The summed E-state index contributed by atoms with van der Waals surface area (Å²) in [6.45, 7) is 3.37. The van der Waals surface area contributed by atoms with E-state index in [2.05, 4.69) is 0 Å². The first-order valence-corrected chi connectivity index (χ1v) is 3.09. The van der Waals surface area contributed by atoms with Crippen molar-refractivity contribution in [3.05, 3.63) is 11.3 Å². The molecule has 12 heavy (non-hydrogen) atoms. The van der Waals surface area contributed by atoms with Crippen LogP contribution < -0.4 is 0 Å². The van der Waals surface area contributed by atoms with E-state index >= 15 is 0 Å². The molecule has 0 heterocycles. The summed E-state index contributed by atoms with van der Waals surface area (Å²) in [5.74, 6) is 0.554. The van der Waals surface area contributed by atoms with Crippen molar-refractivity contribution in [1.82, 2.24) is 4.90 Å². The molecule has 3 N–H and O–H groups in total. The molecule has 74 valence electrons. The van der Waals surface area contributed by atoms with E-state index < -0.39 is 0 Å². The Morgan fingerprint density at radius 2 is 1.50 bits per heavy atom. The third-order valence-electron chi connectivity index (χ3n) is 1.32. The van der Waals surface area contributed by atoms with Gasteiger partial charge in [-0.25, -0.2) is 0 Å². The van der Waals surface area contributed by atoms with E-state index in [0.717, 1.165) is 0 Å². The number of nitrogens with zero attached hydrogens (tertiary/aromatic N) is 1. The minimum Gasteiger partial charge on any atom is -0.596 e. The molecule has 5 heteroatoms. The third kappa shape index (κ3) is 5.67. The second-order valence-electron chi connectivity index (χ2n) is 2.47. The fourth-order valence-corrected chi connectivity index (χ4v) is 0.503. The standard InChI is InChI=1S/C7H13NO2.2Fe/c1-5(6(2)9)7(10)8(3)4;;/h9H,1-4H3;;/p+2/b6-5-;;. The summed E-state index contributed by atoms with van der Waals surface area (Å²) in [6.07, 6.45) is 0. The number of allylic oxidation sites excluding steroid dienone is 1. The molecule has 0 saturated carbocycles. The summed E-state index contributed by atoms with van der Waals surface area (Å²) in [4.78, 5) is 10.8. The predicted octanol–water partition coefficient (Wildman–Crippen LogP) is 0.0639. The quantitative estimate of drug-likeness (QED) is 0.276. The second-order valence-corrected chi connectivity index (χ2v) is 2.47. The third-order valence-corrected chi connectivity index (χ3v) is 1.32. The Bertz CT molecular complexity index is 174. The Kier molecular flexibility index (Phi) is 11.5. The van der Waals surface area contributed by atoms with Gasteiger partial charge in [0.05, 0.1) is 0 Å². The van der Waals surface area contributed by atoms with Crippen LogP contribution in [0.1, 0.15) is 13.8 Å². The van der Waals surface area contributed by atoms with Crippen molar-refractivity contribution in [2.45, 2.75) is 13.8 Å². The maximum Gasteiger partial charge on any atom is 0.428 e. The van der Waals surface area contributed by atoms with Crippen LogP contribution in [0.15, 0.2) is 11.3 Å². The van der Waals surface area contributed by atoms with Gasteiger partial charge in [-0.05, 0) is 6.92 Å². The van der Waals surface area contributed by atoms with Crippen LogP contribution in [0.2, 0.25) is 0 Å². The molecule has 0 atom stereocenters. The normalized spacial score (nSPS) is 10.3. The fraction of sp³-hybridized carbons (Fsp3) is 0.571. The second kappa shape index (κ2) is 7.69. The number of amides is 1. The SMILES string of the molecule is C/C([OH2+])=C(\C)C(=[OH+])N(C)C.[Fe].[Fe]. The number of rotatable bonds is 1. The molecule has 3 nitrogen and oxygen atoms in total. The Labute approximate surface area is 94.1 Å². The number of carbonyl (C=O) groups excluding carboxylic acids is 1. The molecule has 0 aliphatic rings. The van der Waals surface area contributed by atoms with Crippen molar-refractivity contribution in [3.63, 3.8) is 0 Å². The predicted molar refractivity (Wildman–Crippen MR) is 42.6 cm³/mol. The average Bonchev–Trinajstić information content (AvgIpc) is 1.84. The van der Waals surface area contributed by atoms with Gasteiger partial charge in [-0.1, -0.05) is 0 Å². The molecule has 0 fully saturated rings. The van der Waals surface area contributed by atoms with Crippen molar-refractivity contribution in [3.8, 4) is 0 Å². The van der Waals surface area contributed by atoms with Gasteiger partial charge in [0.15, 0.2) is 5.57 Å². The largest absolute Gasteiger partial charge is 0.596 e. The molecule has 0 rings (SSSR count). The molecule has 0 aromatic heterocycles. The molecule has 0 aromatic carbocycles. The van der Waals surface area contributed by atoms with Gasteiger partial charge >= 0.3 is 5.91 Å². The zero-order valence-corrected chi connectivity index (χ0v) is 9.81. The molecule has 0 radical (unpaired) electrons. The summed E-state index contributed by atoms with van der Waals surface area (Å²) in [6, 6.07) is 0. The van der Waals surface area contributed by atoms with Gasteiger partial charge in [-0.2, -0.15) is 0 Å². The maximum atomic E-state index is 9.23. The average molecular weight is 257 g/mol. The van der Waals surface area contributed by atoms with E-state index in [0.29, 0.717) is 11.3 Å². The Morgan fingerprint density at radius 3 is 1.58 bits per heavy atom. The topological polar surface area (TPSA) is 47.5 Å². The Morgan fingerprint density at radius 1 is 1.17 bits per heavy atom. The number of hydrogen-bond acceptors (Lipinski definition) is 0. The van der Waals surface area contributed by atoms with Gasteiger partial charge in [0.1, 0.15) is 0 Å². The summed E-state index contributed by atoms with van der Waals surface area (Å²) in [7, 11) is 3.48. The molecule has 0 aliphatic carbocycles. The van der Waals surface area contributed by atoms with Crippen LogP contribution in [0.5, 0.6) is 0 Å². The number of likely N-dealkylation sites (N-methyl/N-ethyl adjacent to an activating group) is 1. The zero-order valence-electron chi connectivity index (χ0n) is 7.60. The minimum absolute atomic E-state index is 0. The van der Waals surface area contributed by atoms with Gasteiger partial charge in [-0.3, -0.25) is 9.69 Å². The van der Waals surface area contributed by atoms with E-state index in [4.69, 9.17) is 5.11 Å². The van der Waals surface area contributed by atoms with Crippen molar-refractivity contribution in [2.75, 3.05) is 14.1 Å². The van der Waals surface area contributed by atoms with E-state index in [-0.39, 0.29) is 40.0 Å². The summed E-state index contributed by atoms with van der Waals surface area (Å²) in [5, 5.41) is 7.18. The molecular weight excluding hydrogens is 242 g/mol. The molecule has 0 aliphatic heterocycles. The Balaban J connectivity index is -0.000000405. The van der Waals surface area contributed by atoms with Crippen LogP contribution in [-0.4, -0.2) is 34.8 Å². The molecular formula is C7H15Fe2NO2+2. The van der Waals surface area contributed by atoms with Crippen molar-refractivity contribution in [2.24, 2.45) is 0 Å². The van der Waals surface area contributed by atoms with Crippen LogP contribution in [0.3, 0.4) is 0 Å². The van der Waals surface area contributed by atoms with E-state index in [1.165, 1.54) is 0 Å². The zero-order chi connectivity index (χ0) is 8.31. The number of hydrogen-bond donors (Lipinski definition) is 0. The van der Waals surface area contributed by atoms with Crippen LogP contribution in [0.25, 0.3) is 0 Å². The first-order valence-electron chi connectivity index (χ1n) is 3.09. The smallest absolute Gasteiger partial charge is 0.428 e. The molecule has 0 saturated heterocycles. The van der Waals surface area contributed by atoms with Crippen molar-refractivity contribution >= 4 is 5.91 Å². The van der Waals surface area contributed by atoms with Crippen LogP contribution >= 0.6 is 0 Å².